The normalized spacial score (nSPS) is 46.7. The van der Waals surface area contributed by atoms with Crippen molar-refractivity contribution >= 4 is 10.4 Å². The van der Waals surface area contributed by atoms with Crippen LogP contribution in [0.25, 0.3) is 0 Å². The van der Waals surface area contributed by atoms with Crippen LogP contribution in [-0.2, 0) is 33.5 Å². The van der Waals surface area contributed by atoms with E-state index >= 15 is 0 Å². The van der Waals surface area contributed by atoms with E-state index in [9.17, 15) is 48.7 Å². The number of rotatable bonds is 12. The third kappa shape index (κ3) is 8.51. The SMILES string of the molecule is CC(C)=CCC[C@@H](C)[C@H]1CCC2C3=C(CC[C@@]21C)[C@@]1(C)CC[C@H](O[C@@H]2O[C@H](CO)[C@@H](O)[C@H](O)[C@H]2O[C@@H]2O[C@H](CO)[C@H](O)[C@H](O)[C@H]2O)CC1[C@@H](OS(=O)(=O)O)C3. The van der Waals surface area contributed by atoms with Gasteiger partial charge in [0.25, 0.3) is 0 Å². The number of allylic oxidation sites excluding steroid dienone is 3. The molecule has 2 saturated heterocycles. The van der Waals surface area contributed by atoms with Crippen molar-refractivity contribution in [2.75, 3.05) is 13.2 Å². The third-order valence-electron chi connectivity index (χ3n) is 14.4. The molecule has 8 N–H and O–H groups in total. The topological polar surface area (TPSA) is 242 Å². The van der Waals surface area contributed by atoms with E-state index in [0.717, 1.165) is 38.5 Å². The van der Waals surface area contributed by atoms with Crippen LogP contribution < -0.4 is 0 Å². The molecular weight excluding hydrogens is 740 g/mol. The highest BCUT2D eigenvalue weighted by molar-refractivity contribution is 7.80. The predicted octanol–water partition coefficient (Wildman–Crippen LogP) is 1.90. The molecule has 2 saturated carbocycles. The maximum Gasteiger partial charge on any atom is 0.397 e. The van der Waals surface area contributed by atoms with Crippen molar-refractivity contribution in [1.82, 2.24) is 0 Å². The summed E-state index contributed by atoms with van der Waals surface area (Å²) in [5.74, 6) is 0.968. The molecule has 0 aromatic rings. The van der Waals surface area contributed by atoms with E-state index in [1.165, 1.54) is 16.7 Å². The molecule has 18 atom stereocenters. The van der Waals surface area contributed by atoms with Crippen LogP contribution in [0.2, 0.25) is 0 Å². The molecule has 4 fully saturated rings. The molecule has 6 rings (SSSR count). The second-order valence-corrected chi connectivity index (χ2v) is 19.0. The van der Waals surface area contributed by atoms with Gasteiger partial charge in [-0.3, -0.25) is 4.55 Å². The summed E-state index contributed by atoms with van der Waals surface area (Å²) in [6.07, 6.45) is -7.06. The summed E-state index contributed by atoms with van der Waals surface area (Å²) in [5.41, 5.74) is 3.55. The number of aliphatic hydroxyl groups excluding tert-OH is 7. The summed E-state index contributed by atoms with van der Waals surface area (Å²) in [6, 6.07) is 0. The lowest BCUT2D eigenvalue weighted by Crippen LogP contribution is -2.65. The van der Waals surface area contributed by atoms with E-state index < -0.39 is 109 Å². The highest BCUT2D eigenvalue weighted by Crippen LogP contribution is 2.66. The van der Waals surface area contributed by atoms with Gasteiger partial charge >= 0.3 is 10.4 Å². The predicted molar refractivity (Wildman–Crippen MR) is 196 cm³/mol. The van der Waals surface area contributed by atoms with Crippen LogP contribution in [-0.4, -0.2) is 136 Å². The number of aliphatic hydroxyl groups is 7. The van der Waals surface area contributed by atoms with E-state index in [4.69, 9.17) is 23.1 Å². The molecule has 0 aromatic heterocycles. The second-order valence-electron chi connectivity index (χ2n) is 17.9. The number of hydrogen-bond acceptors (Lipinski definition) is 14. The first kappa shape index (κ1) is 43.5. The van der Waals surface area contributed by atoms with Gasteiger partial charge in [-0.1, -0.05) is 43.6 Å². The maximum absolute atomic E-state index is 12.4. The van der Waals surface area contributed by atoms with Gasteiger partial charge in [0.1, 0.15) is 48.8 Å². The molecule has 6 aliphatic rings. The molecule has 55 heavy (non-hydrogen) atoms. The monoisotopic (exact) mass is 804 g/mol. The molecule has 0 bridgehead atoms. The van der Waals surface area contributed by atoms with Crippen molar-refractivity contribution in [3.05, 3.63) is 22.8 Å². The molecule has 2 unspecified atom stereocenters. The van der Waals surface area contributed by atoms with Gasteiger partial charge in [-0.25, -0.2) is 4.18 Å². The van der Waals surface area contributed by atoms with E-state index in [2.05, 4.69) is 40.7 Å². The van der Waals surface area contributed by atoms with Gasteiger partial charge in [-0.05, 0) is 113 Å². The molecular formula is C39H64O15S. The van der Waals surface area contributed by atoms with Gasteiger partial charge in [-0.15, -0.1) is 0 Å². The maximum atomic E-state index is 12.4. The van der Waals surface area contributed by atoms with Gasteiger partial charge in [0, 0.05) is 0 Å². The Morgan fingerprint density at radius 3 is 2.18 bits per heavy atom. The van der Waals surface area contributed by atoms with Crippen molar-refractivity contribution in [2.45, 2.75) is 172 Å². The molecule has 0 aromatic carbocycles. The zero-order chi connectivity index (χ0) is 40.2. The zero-order valence-electron chi connectivity index (χ0n) is 32.6. The summed E-state index contributed by atoms with van der Waals surface area (Å²) >= 11 is 0. The fourth-order valence-electron chi connectivity index (χ4n) is 11.5. The Balaban J connectivity index is 1.24. The van der Waals surface area contributed by atoms with Crippen LogP contribution in [0.4, 0.5) is 0 Å². The lowest BCUT2D eigenvalue weighted by Gasteiger charge is -2.57. The quantitative estimate of drug-likeness (QED) is 0.104. The molecule has 2 heterocycles. The Kier molecular flexibility index (Phi) is 13.3. The first-order valence-corrected chi connectivity index (χ1v) is 21.4. The molecule has 316 valence electrons. The van der Waals surface area contributed by atoms with Gasteiger partial charge in [-0.2, -0.15) is 8.42 Å². The van der Waals surface area contributed by atoms with Gasteiger partial charge in [0.15, 0.2) is 12.6 Å². The molecule has 16 heteroatoms. The summed E-state index contributed by atoms with van der Waals surface area (Å²) in [7, 11) is -4.83. The summed E-state index contributed by atoms with van der Waals surface area (Å²) in [5, 5.41) is 72.8. The van der Waals surface area contributed by atoms with E-state index in [1.807, 2.05) is 0 Å². The second kappa shape index (κ2) is 16.9. The average Bonchev–Trinajstić information content (AvgIpc) is 3.48. The van der Waals surface area contributed by atoms with Crippen molar-refractivity contribution in [3.63, 3.8) is 0 Å². The fraction of sp³-hybridized carbons (Fsp3) is 0.897. The largest absolute Gasteiger partial charge is 0.397 e. The lowest BCUT2D eigenvalue weighted by atomic mass is 9.50. The van der Waals surface area contributed by atoms with Gasteiger partial charge in [0.2, 0.25) is 0 Å². The number of hydrogen-bond donors (Lipinski definition) is 8. The Morgan fingerprint density at radius 2 is 1.55 bits per heavy atom. The fourth-order valence-corrected chi connectivity index (χ4v) is 12.0. The first-order valence-electron chi connectivity index (χ1n) is 20.1. The standard InChI is InChI=1S/C39H64O15S/c1-19(2)7-6-8-20(3)23-9-10-24-22-16-27(54-55(47,48)49)26-15-21(11-13-39(26,5)25(22)12-14-38(23,24)4)50-37-35(33(45)31(43)29(18-41)52-37)53-36-34(46)32(44)30(42)28(17-40)51-36/h7,20-21,23-24,26-37,40-46H,6,8-18H2,1-5H3,(H,47,48,49)/t20-,21+,23-,24?,26?,27+,28-,29-,30+,31-,32+,33+,34-,35-,36+,37-,38-,39-/m1/s1. The van der Waals surface area contributed by atoms with Crippen LogP contribution in [0.5, 0.6) is 0 Å². The zero-order valence-corrected chi connectivity index (χ0v) is 33.5. The molecule has 4 aliphatic carbocycles. The Hall–Kier alpha value is -1.09. The van der Waals surface area contributed by atoms with E-state index in [1.54, 1.807) is 0 Å². The van der Waals surface area contributed by atoms with Crippen LogP contribution in [0, 0.1) is 34.5 Å². The van der Waals surface area contributed by atoms with E-state index in [0.29, 0.717) is 31.1 Å². The minimum atomic E-state index is -4.83. The smallest absolute Gasteiger partial charge is 0.394 e. The van der Waals surface area contributed by atoms with Crippen LogP contribution >= 0.6 is 0 Å². The summed E-state index contributed by atoms with van der Waals surface area (Å²) < 4.78 is 64.1. The summed E-state index contributed by atoms with van der Waals surface area (Å²) in [6.45, 7) is 9.79. The van der Waals surface area contributed by atoms with Crippen LogP contribution in [0.1, 0.15) is 98.8 Å². The van der Waals surface area contributed by atoms with Crippen molar-refractivity contribution in [1.29, 1.82) is 0 Å². The third-order valence-corrected chi connectivity index (χ3v) is 14.9. The number of ether oxygens (including phenoxy) is 4. The van der Waals surface area contributed by atoms with Crippen molar-refractivity contribution in [3.8, 4) is 0 Å². The van der Waals surface area contributed by atoms with Gasteiger partial charge in [0.05, 0.1) is 25.4 Å². The van der Waals surface area contributed by atoms with Crippen LogP contribution in [0.15, 0.2) is 22.8 Å². The Morgan fingerprint density at radius 1 is 0.891 bits per heavy atom. The molecule has 0 amide bonds. The molecule has 15 nitrogen and oxygen atoms in total. The van der Waals surface area contributed by atoms with Gasteiger partial charge < -0.3 is 54.7 Å². The first-order chi connectivity index (χ1) is 25.8. The van der Waals surface area contributed by atoms with Crippen molar-refractivity contribution in [2.24, 2.45) is 34.5 Å². The molecule has 2 aliphatic heterocycles. The molecule has 0 radical (unpaired) electrons. The highest BCUT2D eigenvalue weighted by atomic mass is 32.3. The number of fused-ring (bicyclic) bond motifs is 4. The van der Waals surface area contributed by atoms with Crippen LogP contribution in [0.3, 0.4) is 0 Å². The lowest BCUT2D eigenvalue weighted by molar-refractivity contribution is -0.373. The van der Waals surface area contributed by atoms with Crippen molar-refractivity contribution < 1.29 is 71.8 Å². The summed E-state index contributed by atoms with van der Waals surface area (Å²) in [4.78, 5) is 0. The minimum absolute atomic E-state index is 0.0678. The Bertz CT molecular complexity index is 1520. The molecule has 0 spiro atoms. The Labute approximate surface area is 324 Å². The van der Waals surface area contributed by atoms with E-state index in [-0.39, 0.29) is 17.8 Å². The average molecular weight is 805 g/mol. The minimum Gasteiger partial charge on any atom is -0.394 e. The highest BCUT2D eigenvalue weighted by Gasteiger charge is 2.59.